The summed E-state index contributed by atoms with van der Waals surface area (Å²) in [5.74, 6) is -3.47. The Hall–Kier alpha value is -2.33. The molecule has 2 heterocycles. The highest BCUT2D eigenvalue weighted by Crippen LogP contribution is 2.17. The van der Waals surface area contributed by atoms with Crippen molar-refractivity contribution in [2.75, 3.05) is 39.4 Å². The largest absolute Gasteiger partial charge is 0.378 e. The van der Waals surface area contributed by atoms with Crippen LogP contribution in [0, 0.1) is 17.5 Å². The summed E-state index contributed by atoms with van der Waals surface area (Å²) in [5, 5.41) is 3.00. The number of hydrogen-bond acceptors (Lipinski definition) is 4. The van der Waals surface area contributed by atoms with E-state index in [0.717, 1.165) is 6.07 Å². The number of carbonyl (C=O) groups excluding carboxylic acids is 2. The van der Waals surface area contributed by atoms with Crippen molar-refractivity contribution < 1.29 is 27.5 Å². The van der Waals surface area contributed by atoms with Gasteiger partial charge in [-0.15, -0.1) is 0 Å². The Morgan fingerprint density at radius 2 is 1.67 bits per heavy atom. The summed E-state index contributed by atoms with van der Waals surface area (Å²) in [6.07, 6.45) is 1.17. The minimum absolute atomic E-state index is 0.00523. The van der Waals surface area contributed by atoms with Gasteiger partial charge in [-0.05, 0) is 30.9 Å². The molecular weight excluding hydrogens is 401 g/mol. The van der Waals surface area contributed by atoms with Crippen molar-refractivity contribution >= 4 is 11.9 Å². The number of carbonyl (C=O) groups is 2. The molecule has 0 bridgehead atoms. The molecule has 0 unspecified atom stereocenters. The number of nitrogens with two attached hydrogens (primary N) is 1. The fraction of sp³-hybridized carbons (Fsp3) is 0.600. The lowest BCUT2D eigenvalue weighted by Gasteiger charge is -2.35. The number of nitrogens with one attached hydrogen (secondary N) is 1. The van der Waals surface area contributed by atoms with Crippen LogP contribution in [0.1, 0.15) is 24.8 Å². The minimum Gasteiger partial charge on any atom is -0.378 e. The normalized spacial score (nSPS) is 18.9. The van der Waals surface area contributed by atoms with Crippen LogP contribution in [0.4, 0.5) is 18.0 Å². The average Bonchev–Trinajstić information content (AvgIpc) is 2.73. The Morgan fingerprint density at radius 1 is 1.03 bits per heavy atom. The molecule has 1 aromatic rings. The Labute approximate surface area is 173 Å². The number of ether oxygens (including phenoxy) is 1. The second-order valence-corrected chi connectivity index (χ2v) is 7.73. The molecule has 10 heteroatoms. The molecule has 0 aliphatic carbocycles. The van der Waals surface area contributed by atoms with Crippen molar-refractivity contribution in [2.24, 2.45) is 5.73 Å². The number of nitrogens with zero attached hydrogens (tertiary/aromatic N) is 2. The predicted molar refractivity (Wildman–Crippen MR) is 103 cm³/mol. The van der Waals surface area contributed by atoms with Gasteiger partial charge in [-0.1, -0.05) is 0 Å². The number of morpholine rings is 1. The van der Waals surface area contributed by atoms with E-state index >= 15 is 0 Å². The molecule has 3 amide bonds. The molecule has 166 valence electrons. The van der Waals surface area contributed by atoms with Crippen LogP contribution in [-0.2, 0) is 16.0 Å². The van der Waals surface area contributed by atoms with Gasteiger partial charge < -0.3 is 25.6 Å². The fourth-order valence-electron chi connectivity index (χ4n) is 3.73. The molecular formula is C20H27F3N4O3. The lowest BCUT2D eigenvalue weighted by molar-refractivity contribution is -0.132. The van der Waals surface area contributed by atoms with E-state index in [1.165, 1.54) is 0 Å². The molecule has 0 spiro atoms. The zero-order valence-electron chi connectivity index (χ0n) is 16.7. The van der Waals surface area contributed by atoms with Gasteiger partial charge in [-0.2, -0.15) is 0 Å². The lowest BCUT2D eigenvalue weighted by atomic mass is 10.0. The number of rotatable bonds is 5. The van der Waals surface area contributed by atoms with Crippen LogP contribution in [0.5, 0.6) is 0 Å². The summed E-state index contributed by atoms with van der Waals surface area (Å²) < 4.78 is 45.3. The van der Waals surface area contributed by atoms with Crippen LogP contribution in [0.2, 0.25) is 0 Å². The van der Waals surface area contributed by atoms with E-state index in [1.54, 1.807) is 9.80 Å². The quantitative estimate of drug-likeness (QED) is 0.694. The van der Waals surface area contributed by atoms with Gasteiger partial charge in [0.1, 0.15) is 5.82 Å². The fourth-order valence-corrected chi connectivity index (χ4v) is 3.73. The Kier molecular flexibility index (Phi) is 7.54. The third-order valence-electron chi connectivity index (χ3n) is 5.48. The highest BCUT2D eigenvalue weighted by atomic mass is 19.2. The first-order chi connectivity index (χ1) is 14.3. The molecule has 30 heavy (non-hydrogen) atoms. The summed E-state index contributed by atoms with van der Waals surface area (Å²) in [6.45, 7) is 3.18. The maximum atomic E-state index is 13.8. The first-order valence-corrected chi connectivity index (χ1v) is 10.1. The SMILES string of the molecule is N[C@@H](CC(=O)N1CCC(NC(=O)N2CCOCC2)CC1)Cc1cc(F)c(F)cc1F. The van der Waals surface area contributed by atoms with Crippen LogP contribution < -0.4 is 11.1 Å². The van der Waals surface area contributed by atoms with E-state index in [-0.39, 0.29) is 36.4 Å². The molecule has 7 nitrogen and oxygen atoms in total. The minimum atomic E-state index is -1.26. The molecule has 2 aliphatic heterocycles. The molecule has 2 aliphatic rings. The molecule has 2 fully saturated rings. The van der Waals surface area contributed by atoms with Gasteiger partial charge in [0, 0.05) is 50.7 Å². The van der Waals surface area contributed by atoms with Crippen LogP contribution in [0.15, 0.2) is 12.1 Å². The first-order valence-electron chi connectivity index (χ1n) is 10.1. The molecule has 0 radical (unpaired) electrons. The number of urea groups is 1. The summed E-state index contributed by atoms with van der Waals surface area (Å²) in [7, 11) is 0. The Bertz CT molecular complexity index is 766. The number of likely N-dealkylation sites (tertiary alicyclic amines) is 1. The van der Waals surface area contributed by atoms with E-state index in [1.807, 2.05) is 0 Å². The number of benzene rings is 1. The maximum absolute atomic E-state index is 13.8. The Morgan fingerprint density at radius 3 is 2.33 bits per heavy atom. The third-order valence-corrected chi connectivity index (χ3v) is 5.48. The van der Waals surface area contributed by atoms with Gasteiger partial charge in [0.05, 0.1) is 13.2 Å². The van der Waals surface area contributed by atoms with Crippen molar-refractivity contribution in [1.82, 2.24) is 15.1 Å². The number of halogens is 3. The standard InChI is InChI=1S/C20H27F3N4O3/c21-16-12-18(23)17(22)10-13(16)9-14(24)11-19(28)26-3-1-15(2-4-26)25-20(29)27-5-7-30-8-6-27/h10,12,14-15H,1-9,11,24H2,(H,25,29)/t14-/m1/s1. The summed E-state index contributed by atoms with van der Waals surface area (Å²) in [6, 6.07) is 0.427. The van der Waals surface area contributed by atoms with E-state index in [2.05, 4.69) is 5.32 Å². The third kappa shape index (κ3) is 5.85. The van der Waals surface area contributed by atoms with Crippen molar-refractivity contribution in [3.05, 3.63) is 35.1 Å². The highest BCUT2D eigenvalue weighted by molar-refractivity contribution is 5.77. The summed E-state index contributed by atoms with van der Waals surface area (Å²) in [5.41, 5.74) is 5.89. The summed E-state index contributed by atoms with van der Waals surface area (Å²) >= 11 is 0. The monoisotopic (exact) mass is 428 g/mol. The van der Waals surface area contributed by atoms with Crippen LogP contribution in [-0.4, -0.2) is 73.2 Å². The van der Waals surface area contributed by atoms with Crippen LogP contribution in [0.25, 0.3) is 0 Å². The van der Waals surface area contributed by atoms with Crippen LogP contribution in [0.3, 0.4) is 0 Å². The average molecular weight is 428 g/mol. The zero-order valence-corrected chi connectivity index (χ0v) is 16.7. The second kappa shape index (κ2) is 10.1. The topological polar surface area (TPSA) is 87.9 Å². The van der Waals surface area contributed by atoms with Gasteiger partial charge in [-0.25, -0.2) is 18.0 Å². The lowest BCUT2D eigenvalue weighted by Crippen LogP contribution is -2.52. The van der Waals surface area contributed by atoms with Crippen molar-refractivity contribution in [3.63, 3.8) is 0 Å². The van der Waals surface area contributed by atoms with E-state index < -0.39 is 23.5 Å². The van der Waals surface area contributed by atoms with Gasteiger partial charge in [0.15, 0.2) is 11.6 Å². The molecule has 2 saturated heterocycles. The number of hydrogen-bond donors (Lipinski definition) is 2. The molecule has 0 saturated carbocycles. The van der Waals surface area contributed by atoms with Crippen molar-refractivity contribution in [2.45, 2.75) is 37.8 Å². The number of piperidine rings is 1. The van der Waals surface area contributed by atoms with Gasteiger partial charge >= 0.3 is 6.03 Å². The molecule has 1 aromatic carbocycles. The van der Waals surface area contributed by atoms with E-state index in [0.29, 0.717) is 58.3 Å². The second-order valence-electron chi connectivity index (χ2n) is 7.73. The Balaban J connectivity index is 1.42. The van der Waals surface area contributed by atoms with Gasteiger partial charge in [-0.3, -0.25) is 4.79 Å². The summed E-state index contributed by atoms with van der Waals surface area (Å²) in [4.78, 5) is 28.1. The highest BCUT2D eigenvalue weighted by Gasteiger charge is 2.27. The first kappa shape index (κ1) is 22.4. The van der Waals surface area contributed by atoms with E-state index in [9.17, 15) is 22.8 Å². The van der Waals surface area contributed by atoms with Crippen molar-refractivity contribution in [1.29, 1.82) is 0 Å². The molecule has 3 rings (SSSR count). The smallest absolute Gasteiger partial charge is 0.317 e. The van der Waals surface area contributed by atoms with Crippen molar-refractivity contribution in [3.8, 4) is 0 Å². The maximum Gasteiger partial charge on any atom is 0.317 e. The molecule has 1 atom stereocenters. The number of amides is 3. The zero-order chi connectivity index (χ0) is 21.7. The van der Waals surface area contributed by atoms with Gasteiger partial charge in [0.25, 0.3) is 0 Å². The molecule has 0 aromatic heterocycles. The van der Waals surface area contributed by atoms with E-state index in [4.69, 9.17) is 10.5 Å². The van der Waals surface area contributed by atoms with Crippen LogP contribution >= 0.6 is 0 Å². The molecule has 3 N–H and O–H groups in total. The van der Waals surface area contributed by atoms with Gasteiger partial charge in [0.2, 0.25) is 5.91 Å². The predicted octanol–water partition coefficient (Wildman–Crippen LogP) is 1.40.